The predicted octanol–water partition coefficient (Wildman–Crippen LogP) is 3.09. The molecule has 39 heavy (non-hydrogen) atoms. The van der Waals surface area contributed by atoms with Crippen molar-refractivity contribution < 1.29 is 24.2 Å². The summed E-state index contributed by atoms with van der Waals surface area (Å²) in [6, 6.07) is 4.09. The van der Waals surface area contributed by atoms with Gasteiger partial charge in [-0.3, -0.25) is 9.59 Å². The van der Waals surface area contributed by atoms with E-state index < -0.39 is 41.2 Å². The standard InChI is InChI=1S/C28H41N5O5S/c1-16-22(39-15-31-16)17-8-9-18(19(10-17)12-29)13-30-24(35)21-11-20(34)14-33(21)25(36)23(27(2,3)4)32-26(37)38-28(5,6)7/h8-10,15,20-21,23,34H,11-14,29H2,1-7H3,(H,30,35)(H,32,37)/t20-,21+,23-/m1/s1. The fourth-order valence-electron chi connectivity index (χ4n) is 4.55. The lowest BCUT2D eigenvalue weighted by molar-refractivity contribution is -0.142. The number of amides is 3. The van der Waals surface area contributed by atoms with Gasteiger partial charge < -0.3 is 31.1 Å². The van der Waals surface area contributed by atoms with E-state index >= 15 is 0 Å². The van der Waals surface area contributed by atoms with E-state index in [1.54, 1.807) is 37.6 Å². The van der Waals surface area contributed by atoms with Crippen LogP contribution in [0.4, 0.5) is 4.79 Å². The number of alkyl carbamates (subject to hydrolysis) is 1. The van der Waals surface area contributed by atoms with Crippen LogP contribution in [0, 0.1) is 12.3 Å². The molecule has 214 valence electrons. The zero-order valence-electron chi connectivity index (χ0n) is 23.8. The molecule has 5 N–H and O–H groups in total. The highest BCUT2D eigenvalue weighted by molar-refractivity contribution is 7.13. The number of carbonyl (C=O) groups is 3. The minimum absolute atomic E-state index is 0.00353. The molecule has 11 heteroatoms. The molecule has 3 rings (SSSR count). The van der Waals surface area contributed by atoms with Gasteiger partial charge in [0.15, 0.2) is 0 Å². The van der Waals surface area contributed by atoms with Crippen molar-refractivity contribution in [3.63, 3.8) is 0 Å². The first-order valence-electron chi connectivity index (χ1n) is 13.1. The topological polar surface area (TPSA) is 147 Å². The molecule has 1 aliphatic rings. The Morgan fingerprint density at radius 1 is 1.21 bits per heavy atom. The largest absolute Gasteiger partial charge is 0.444 e. The number of aliphatic hydroxyl groups is 1. The molecule has 0 radical (unpaired) electrons. The van der Waals surface area contributed by atoms with Gasteiger partial charge in [0.25, 0.3) is 0 Å². The summed E-state index contributed by atoms with van der Waals surface area (Å²) in [6.07, 6.45) is -1.47. The summed E-state index contributed by atoms with van der Waals surface area (Å²) in [5, 5.41) is 16.0. The number of aryl methyl sites for hydroxylation is 1. The van der Waals surface area contributed by atoms with Gasteiger partial charge in [-0.25, -0.2) is 9.78 Å². The zero-order chi connectivity index (χ0) is 29.1. The van der Waals surface area contributed by atoms with Gasteiger partial charge in [-0.2, -0.15) is 0 Å². The average Bonchev–Trinajstić information content (AvgIpc) is 3.44. The van der Waals surface area contributed by atoms with Gasteiger partial charge >= 0.3 is 6.09 Å². The van der Waals surface area contributed by atoms with Gasteiger partial charge in [0, 0.05) is 26.1 Å². The molecule has 1 aliphatic heterocycles. The number of aromatic nitrogens is 1. The fraction of sp³-hybridized carbons (Fsp3) is 0.571. The first-order valence-corrected chi connectivity index (χ1v) is 14.0. The third-order valence-electron chi connectivity index (χ3n) is 6.53. The first kappa shape index (κ1) is 30.5. The number of carbonyl (C=O) groups excluding carboxylic acids is 3. The predicted molar refractivity (Wildman–Crippen MR) is 151 cm³/mol. The monoisotopic (exact) mass is 559 g/mol. The van der Waals surface area contributed by atoms with Crippen LogP contribution in [-0.4, -0.2) is 63.2 Å². The SMILES string of the molecule is Cc1ncsc1-c1ccc(CNC(=O)[C@@H]2C[C@@H](O)CN2C(=O)[C@@H](NC(=O)OC(C)(C)C)C(C)(C)C)c(CN)c1. The number of nitrogens with two attached hydrogens (primary N) is 1. The fourth-order valence-corrected chi connectivity index (χ4v) is 5.36. The molecule has 10 nitrogen and oxygen atoms in total. The van der Waals surface area contributed by atoms with Crippen LogP contribution < -0.4 is 16.4 Å². The summed E-state index contributed by atoms with van der Waals surface area (Å²) in [7, 11) is 0. The highest BCUT2D eigenvalue weighted by Gasteiger charge is 2.44. The molecule has 1 aromatic heterocycles. The number of benzene rings is 1. The molecule has 1 saturated heterocycles. The van der Waals surface area contributed by atoms with Crippen LogP contribution in [0.2, 0.25) is 0 Å². The molecule has 2 aromatic rings. The van der Waals surface area contributed by atoms with Crippen LogP contribution in [0.15, 0.2) is 23.7 Å². The number of hydrogen-bond acceptors (Lipinski definition) is 8. The van der Waals surface area contributed by atoms with E-state index in [1.807, 2.05) is 45.9 Å². The Labute approximate surface area is 234 Å². The van der Waals surface area contributed by atoms with Gasteiger partial charge in [-0.15, -0.1) is 11.3 Å². The minimum Gasteiger partial charge on any atom is -0.444 e. The van der Waals surface area contributed by atoms with Crippen molar-refractivity contribution in [2.75, 3.05) is 6.54 Å². The quantitative estimate of drug-likeness (QED) is 0.408. The second kappa shape index (κ2) is 12.0. The van der Waals surface area contributed by atoms with Crippen LogP contribution in [0.5, 0.6) is 0 Å². The van der Waals surface area contributed by atoms with E-state index in [0.29, 0.717) is 6.54 Å². The second-order valence-electron chi connectivity index (χ2n) is 12.0. The molecule has 0 spiro atoms. The van der Waals surface area contributed by atoms with Crippen LogP contribution in [0.1, 0.15) is 64.8 Å². The van der Waals surface area contributed by atoms with Crippen molar-refractivity contribution in [2.45, 2.75) is 91.8 Å². The van der Waals surface area contributed by atoms with Crippen LogP contribution in [-0.2, 0) is 27.4 Å². The van der Waals surface area contributed by atoms with E-state index in [1.165, 1.54) is 4.90 Å². The minimum atomic E-state index is -0.959. The van der Waals surface area contributed by atoms with E-state index in [2.05, 4.69) is 15.6 Å². The van der Waals surface area contributed by atoms with Crippen molar-refractivity contribution in [3.05, 3.63) is 40.5 Å². The maximum Gasteiger partial charge on any atom is 0.408 e. The zero-order valence-corrected chi connectivity index (χ0v) is 24.6. The Balaban J connectivity index is 1.74. The first-order chi connectivity index (χ1) is 18.1. The number of aliphatic hydroxyl groups excluding tert-OH is 1. The van der Waals surface area contributed by atoms with Crippen molar-refractivity contribution >= 4 is 29.2 Å². The molecule has 1 fully saturated rings. The molecule has 0 aliphatic carbocycles. The number of rotatable bonds is 7. The summed E-state index contributed by atoms with van der Waals surface area (Å²) in [4.78, 5) is 46.2. The number of likely N-dealkylation sites (tertiary alicyclic amines) is 1. The Hall–Kier alpha value is -3.02. The summed E-state index contributed by atoms with van der Waals surface area (Å²) < 4.78 is 5.36. The Morgan fingerprint density at radius 2 is 1.90 bits per heavy atom. The van der Waals surface area contributed by atoms with Crippen molar-refractivity contribution in [2.24, 2.45) is 11.1 Å². The van der Waals surface area contributed by atoms with E-state index in [-0.39, 0.29) is 25.4 Å². The number of nitrogens with zero attached hydrogens (tertiary/aromatic N) is 2. The van der Waals surface area contributed by atoms with Gasteiger partial charge in [-0.1, -0.05) is 32.9 Å². The molecule has 3 atom stereocenters. The van der Waals surface area contributed by atoms with Crippen LogP contribution >= 0.6 is 11.3 Å². The summed E-state index contributed by atoms with van der Waals surface area (Å²) in [6.45, 7) is 13.1. The Kier molecular flexibility index (Phi) is 9.40. The van der Waals surface area contributed by atoms with Gasteiger partial charge in [0.1, 0.15) is 17.7 Å². The number of nitrogens with one attached hydrogen (secondary N) is 2. The van der Waals surface area contributed by atoms with E-state index in [9.17, 15) is 19.5 Å². The van der Waals surface area contributed by atoms with Crippen LogP contribution in [0.3, 0.4) is 0 Å². The van der Waals surface area contributed by atoms with Crippen LogP contribution in [0.25, 0.3) is 10.4 Å². The van der Waals surface area contributed by atoms with E-state index in [0.717, 1.165) is 27.3 Å². The molecule has 3 amide bonds. The number of thiazole rings is 1. The highest BCUT2D eigenvalue weighted by atomic mass is 32.1. The Morgan fingerprint density at radius 3 is 2.46 bits per heavy atom. The van der Waals surface area contributed by atoms with E-state index in [4.69, 9.17) is 10.5 Å². The molecule has 1 aromatic carbocycles. The maximum absolute atomic E-state index is 13.6. The molecule has 0 unspecified atom stereocenters. The summed E-state index contributed by atoms with van der Waals surface area (Å²) >= 11 is 1.56. The lowest BCUT2D eigenvalue weighted by atomic mass is 9.85. The molecular weight excluding hydrogens is 518 g/mol. The number of ether oxygens (including phenoxy) is 1. The van der Waals surface area contributed by atoms with Crippen molar-refractivity contribution in [3.8, 4) is 10.4 Å². The molecule has 0 saturated carbocycles. The molecular formula is C28H41N5O5S. The lowest BCUT2D eigenvalue weighted by Crippen LogP contribution is -2.58. The van der Waals surface area contributed by atoms with Crippen molar-refractivity contribution in [1.29, 1.82) is 0 Å². The lowest BCUT2D eigenvalue weighted by Gasteiger charge is -2.35. The normalized spacial score (nSPS) is 18.5. The third kappa shape index (κ3) is 7.77. The highest BCUT2D eigenvalue weighted by Crippen LogP contribution is 2.29. The van der Waals surface area contributed by atoms with Gasteiger partial charge in [0.05, 0.1) is 22.2 Å². The summed E-state index contributed by atoms with van der Waals surface area (Å²) in [5.41, 5.74) is 10.1. The summed E-state index contributed by atoms with van der Waals surface area (Å²) in [5.74, 6) is -0.827. The Bertz CT molecular complexity index is 1200. The van der Waals surface area contributed by atoms with Gasteiger partial charge in [-0.05, 0) is 55.9 Å². The second-order valence-corrected chi connectivity index (χ2v) is 12.9. The molecule has 2 heterocycles. The maximum atomic E-state index is 13.6. The smallest absolute Gasteiger partial charge is 0.408 e. The molecule has 0 bridgehead atoms. The van der Waals surface area contributed by atoms with Crippen molar-refractivity contribution in [1.82, 2.24) is 20.5 Å². The average molecular weight is 560 g/mol. The number of hydrogen-bond donors (Lipinski definition) is 4. The van der Waals surface area contributed by atoms with Gasteiger partial charge in [0.2, 0.25) is 11.8 Å². The third-order valence-corrected chi connectivity index (χ3v) is 7.50. The number of β-amino-alcohol motifs (C(OH)–C–C–N with tert-alkyl or cyclic N) is 1.